The lowest BCUT2D eigenvalue weighted by Crippen LogP contribution is -2.50. The zero-order valence-corrected chi connectivity index (χ0v) is 17.1. The van der Waals surface area contributed by atoms with Crippen LogP contribution in [0, 0.1) is 5.41 Å². The second-order valence-corrected chi connectivity index (χ2v) is 6.97. The van der Waals surface area contributed by atoms with E-state index in [0.29, 0.717) is 29.0 Å². The van der Waals surface area contributed by atoms with Gasteiger partial charge in [0.25, 0.3) is 11.8 Å². The van der Waals surface area contributed by atoms with Crippen molar-refractivity contribution in [2.24, 2.45) is 10.3 Å². The van der Waals surface area contributed by atoms with E-state index in [0.717, 1.165) is 5.56 Å². The van der Waals surface area contributed by atoms with Crippen molar-refractivity contribution in [3.05, 3.63) is 60.4 Å². The molecule has 1 aromatic heterocycles. The van der Waals surface area contributed by atoms with Crippen LogP contribution in [0.15, 0.2) is 65.2 Å². The monoisotopic (exact) mass is 432 g/mol. The summed E-state index contributed by atoms with van der Waals surface area (Å²) in [5.41, 5.74) is 5.40. The van der Waals surface area contributed by atoms with Crippen LogP contribution in [0.2, 0.25) is 0 Å². The smallest absolute Gasteiger partial charge is 0.291 e. The predicted molar refractivity (Wildman–Crippen MR) is 116 cm³/mol. The quantitative estimate of drug-likeness (QED) is 0.247. The van der Waals surface area contributed by atoms with E-state index in [-0.39, 0.29) is 6.61 Å². The van der Waals surface area contributed by atoms with Gasteiger partial charge in [-0.05, 0) is 11.6 Å². The number of fused-ring (bicyclic) bond motifs is 2. The Morgan fingerprint density at radius 3 is 2.69 bits per heavy atom. The van der Waals surface area contributed by atoms with Crippen molar-refractivity contribution in [3.63, 3.8) is 0 Å². The van der Waals surface area contributed by atoms with Crippen LogP contribution in [0.25, 0.3) is 11.0 Å². The molecule has 0 spiro atoms. The van der Waals surface area contributed by atoms with Gasteiger partial charge in [0, 0.05) is 25.5 Å². The zero-order chi connectivity index (χ0) is 22.5. The van der Waals surface area contributed by atoms with Crippen molar-refractivity contribution in [2.45, 2.75) is 12.6 Å². The molecular formula is C21H20N8O3. The normalized spacial score (nSPS) is 15.7. The number of nitrogens with zero attached hydrogens (tertiary/aromatic N) is 5. The molecule has 1 unspecified atom stereocenters. The molecule has 0 fully saturated rings. The standard InChI is InChI=1S/C21H20N8O3/c1-29-17-9-14-15(24-8-7-23-14)10-18(17)32-12-16(21(29)31)26-20(30)19(22)27-28-25-11-13-5-3-2-4-6-13/h2-10,16H,11-12H2,1H3,(H,26,30)(H2,22,25,27). The molecular weight excluding hydrogens is 412 g/mol. The van der Waals surface area contributed by atoms with E-state index in [2.05, 4.69) is 31.0 Å². The Bertz CT molecular complexity index is 1200. The SMILES string of the molecule is CN1C(=O)C(NC(=O)C(=N)/N=N\NCc2ccccc2)COc2cc3nccnc3cc21. The summed E-state index contributed by atoms with van der Waals surface area (Å²) in [5.74, 6) is -1.43. The maximum Gasteiger partial charge on any atom is 0.291 e. The van der Waals surface area contributed by atoms with Gasteiger partial charge < -0.3 is 15.0 Å². The van der Waals surface area contributed by atoms with Gasteiger partial charge in [0.2, 0.25) is 5.84 Å². The number of aromatic nitrogens is 2. The zero-order valence-electron chi connectivity index (χ0n) is 17.1. The predicted octanol–water partition coefficient (Wildman–Crippen LogP) is 1.60. The number of nitrogens with one attached hydrogen (secondary N) is 3. The molecule has 2 heterocycles. The molecule has 3 aromatic rings. The summed E-state index contributed by atoms with van der Waals surface area (Å²) in [6.07, 6.45) is 3.13. The third kappa shape index (κ3) is 4.51. The van der Waals surface area contributed by atoms with E-state index in [1.165, 1.54) is 4.90 Å². The van der Waals surface area contributed by atoms with Crippen molar-refractivity contribution in [1.82, 2.24) is 20.7 Å². The highest BCUT2D eigenvalue weighted by atomic mass is 16.5. The number of amidine groups is 1. The molecule has 162 valence electrons. The summed E-state index contributed by atoms with van der Waals surface area (Å²) in [5, 5.41) is 17.5. The summed E-state index contributed by atoms with van der Waals surface area (Å²) in [4.78, 5) is 35.1. The Labute approximate surface area is 183 Å². The fourth-order valence-corrected chi connectivity index (χ4v) is 3.14. The number of hydrogen-bond donors (Lipinski definition) is 3. The van der Waals surface area contributed by atoms with Gasteiger partial charge in [-0.3, -0.25) is 30.4 Å². The lowest BCUT2D eigenvalue weighted by molar-refractivity contribution is -0.124. The molecule has 0 saturated carbocycles. The van der Waals surface area contributed by atoms with Crippen LogP contribution in [-0.2, 0) is 16.1 Å². The minimum absolute atomic E-state index is 0.107. The lowest BCUT2D eigenvalue weighted by atomic mass is 10.2. The first-order valence-corrected chi connectivity index (χ1v) is 9.75. The highest BCUT2D eigenvalue weighted by Crippen LogP contribution is 2.33. The first kappa shape index (κ1) is 20.8. The molecule has 3 N–H and O–H groups in total. The maximum absolute atomic E-state index is 12.9. The number of benzene rings is 2. The van der Waals surface area contributed by atoms with Crippen molar-refractivity contribution in [2.75, 3.05) is 18.6 Å². The van der Waals surface area contributed by atoms with Gasteiger partial charge in [0.1, 0.15) is 18.4 Å². The average molecular weight is 432 g/mol. The number of ether oxygens (including phenoxy) is 1. The largest absolute Gasteiger partial charge is 0.489 e. The van der Waals surface area contributed by atoms with E-state index in [4.69, 9.17) is 10.1 Å². The van der Waals surface area contributed by atoms with Gasteiger partial charge in [-0.25, -0.2) is 0 Å². The van der Waals surface area contributed by atoms with Crippen molar-refractivity contribution in [1.29, 1.82) is 5.41 Å². The Hall–Kier alpha value is -4.41. The first-order chi connectivity index (χ1) is 15.5. The van der Waals surface area contributed by atoms with Gasteiger partial charge in [0.05, 0.1) is 23.3 Å². The molecule has 32 heavy (non-hydrogen) atoms. The van der Waals surface area contributed by atoms with E-state index < -0.39 is 23.7 Å². The number of hydrogen-bond acceptors (Lipinski definition) is 7. The van der Waals surface area contributed by atoms with E-state index in [9.17, 15) is 9.59 Å². The number of rotatable bonds is 4. The lowest BCUT2D eigenvalue weighted by Gasteiger charge is -2.20. The first-order valence-electron chi connectivity index (χ1n) is 9.75. The maximum atomic E-state index is 12.9. The highest BCUT2D eigenvalue weighted by molar-refractivity contribution is 6.37. The molecule has 1 aliphatic heterocycles. The fourth-order valence-electron chi connectivity index (χ4n) is 3.14. The van der Waals surface area contributed by atoms with Crippen molar-refractivity contribution in [3.8, 4) is 5.75 Å². The molecule has 1 atom stereocenters. The minimum atomic E-state index is -1.00. The third-order valence-corrected chi connectivity index (χ3v) is 4.81. The van der Waals surface area contributed by atoms with Crippen LogP contribution in [0.1, 0.15) is 5.56 Å². The number of carbonyl (C=O) groups is 2. The average Bonchev–Trinajstić information content (AvgIpc) is 2.93. The molecule has 2 aromatic carbocycles. The fraction of sp³-hybridized carbons (Fsp3) is 0.190. The molecule has 0 aliphatic carbocycles. The Morgan fingerprint density at radius 2 is 1.94 bits per heavy atom. The molecule has 0 radical (unpaired) electrons. The number of likely N-dealkylation sites (N-methyl/N-ethyl adjacent to an activating group) is 1. The van der Waals surface area contributed by atoms with E-state index in [1.807, 2.05) is 30.3 Å². The van der Waals surface area contributed by atoms with Crippen LogP contribution >= 0.6 is 0 Å². The van der Waals surface area contributed by atoms with Crippen LogP contribution in [0.3, 0.4) is 0 Å². The number of anilines is 1. The van der Waals surface area contributed by atoms with Crippen LogP contribution in [0.4, 0.5) is 5.69 Å². The van der Waals surface area contributed by atoms with Gasteiger partial charge in [-0.15, -0.1) is 5.11 Å². The Kier molecular flexibility index (Phi) is 5.97. The van der Waals surface area contributed by atoms with Crippen LogP contribution < -0.4 is 20.4 Å². The Morgan fingerprint density at radius 1 is 1.22 bits per heavy atom. The van der Waals surface area contributed by atoms with Gasteiger partial charge >= 0.3 is 0 Å². The van der Waals surface area contributed by atoms with Crippen molar-refractivity contribution >= 4 is 34.4 Å². The Balaban J connectivity index is 1.39. The van der Waals surface area contributed by atoms with E-state index in [1.54, 1.807) is 31.6 Å². The van der Waals surface area contributed by atoms with E-state index >= 15 is 0 Å². The molecule has 4 rings (SSSR count). The van der Waals surface area contributed by atoms with Crippen molar-refractivity contribution < 1.29 is 14.3 Å². The summed E-state index contributed by atoms with van der Waals surface area (Å²) < 4.78 is 5.76. The summed E-state index contributed by atoms with van der Waals surface area (Å²) >= 11 is 0. The molecule has 11 heteroatoms. The van der Waals surface area contributed by atoms with Crippen LogP contribution in [-0.4, -0.2) is 47.3 Å². The second-order valence-electron chi connectivity index (χ2n) is 6.97. The summed E-state index contributed by atoms with van der Waals surface area (Å²) in [7, 11) is 1.58. The third-order valence-electron chi connectivity index (χ3n) is 4.81. The van der Waals surface area contributed by atoms with Gasteiger partial charge in [-0.1, -0.05) is 35.6 Å². The topological polar surface area (TPSA) is 145 Å². The molecule has 2 amide bonds. The number of amides is 2. The van der Waals surface area contributed by atoms with Crippen LogP contribution in [0.5, 0.6) is 5.75 Å². The molecule has 0 bridgehead atoms. The van der Waals surface area contributed by atoms with Gasteiger partial charge in [-0.2, -0.15) is 0 Å². The summed E-state index contributed by atoms with van der Waals surface area (Å²) in [6.45, 7) is 0.291. The summed E-state index contributed by atoms with van der Waals surface area (Å²) in [6, 6.07) is 11.9. The highest BCUT2D eigenvalue weighted by Gasteiger charge is 2.31. The number of carbonyl (C=O) groups excluding carboxylic acids is 2. The molecule has 0 saturated heterocycles. The van der Waals surface area contributed by atoms with Gasteiger partial charge in [0.15, 0.2) is 0 Å². The second kappa shape index (κ2) is 9.16. The molecule has 1 aliphatic rings. The molecule has 11 nitrogen and oxygen atoms in total. The minimum Gasteiger partial charge on any atom is -0.489 e.